The summed E-state index contributed by atoms with van der Waals surface area (Å²) in [7, 11) is 0. The highest BCUT2D eigenvalue weighted by molar-refractivity contribution is 4.78. The fourth-order valence-electron chi connectivity index (χ4n) is 1.78. The minimum Gasteiger partial charge on any atom is -0.375 e. The molecular weight excluding hydrogens is 124 g/mol. The van der Waals surface area contributed by atoms with E-state index in [9.17, 15) is 0 Å². The summed E-state index contributed by atoms with van der Waals surface area (Å²) in [6.07, 6.45) is 8.07. The normalized spacial score (nSPS) is 36.6. The second kappa shape index (κ2) is 3.97. The first-order valence-corrected chi connectivity index (χ1v) is 4.60. The van der Waals surface area contributed by atoms with Crippen molar-refractivity contribution in [1.82, 2.24) is 0 Å². The quantitative estimate of drug-likeness (QED) is 0.505. The number of hydrogen-bond donors (Lipinski definition) is 0. The molecule has 0 aliphatic carbocycles. The van der Waals surface area contributed by atoms with Gasteiger partial charge in [-0.25, -0.2) is 0 Å². The summed E-state index contributed by atoms with van der Waals surface area (Å²) in [6, 6.07) is 0. The van der Waals surface area contributed by atoms with Gasteiger partial charge in [-0.05, 0) is 32.1 Å². The molecule has 2 rings (SSSR count). The van der Waals surface area contributed by atoms with Crippen LogP contribution < -0.4 is 0 Å². The van der Waals surface area contributed by atoms with Crippen LogP contribution in [0.15, 0.2) is 0 Å². The number of rotatable bonds is 0. The van der Waals surface area contributed by atoms with Gasteiger partial charge in [-0.15, -0.1) is 0 Å². The Morgan fingerprint density at radius 2 is 1.40 bits per heavy atom. The van der Waals surface area contributed by atoms with Crippen molar-refractivity contribution in [3.8, 4) is 0 Å². The fourth-order valence-corrected chi connectivity index (χ4v) is 1.78. The lowest BCUT2D eigenvalue weighted by Gasteiger charge is -2.18. The monoisotopic (exact) mass is 142 g/mol. The molecule has 10 heavy (non-hydrogen) atoms. The molecule has 2 aliphatic heterocycles. The zero-order chi connectivity index (χ0) is 7.40. The van der Waals surface area contributed by atoms with Gasteiger partial charge in [-0.3, -0.25) is 0 Å². The maximum atomic E-state index is 5.60. The molecule has 0 spiro atoms. The summed E-state index contributed by atoms with van der Waals surface area (Å²) in [5, 5.41) is 0. The third-order valence-electron chi connectivity index (χ3n) is 2.25. The van der Waals surface area contributed by atoms with E-state index in [1.807, 2.05) is 13.8 Å². The van der Waals surface area contributed by atoms with Crippen LogP contribution in [0.5, 0.6) is 0 Å². The maximum absolute atomic E-state index is 5.60. The van der Waals surface area contributed by atoms with Crippen LogP contribution in [0, 0.1) is 0 Å². The van der Waals surface area contributed by atoms with Crippen LogP contribution in [0.4, 0.5) is 0 Å². The van der Waals surface area contributed by atoms with E-state index in [0.29, 0.717) is 12.2 Å². The SMILES string of the molecule is C1CC2CCC(C1)O2.CC. The van der Waals surface area contributed by atoms with E-state index in [-0.39, 0.29) is 0 Å². The minimum atomic E-state index is 0.661. The van der Waals surface area contributed by atoms with Gasteiger partial charge < -0.3 is 4.74 Å². The molecule has 2 fully saturated rings. The van der Waals surface area contributed by atoms with E-state index in [1.54, 1.807) is 0 Å². The van der Waals surface area contributed by atoms with Crippen molar-refractivity contribution in [2.24, 2.45) is 0 Å². The molecule has 2 unspecified atom stereocenters. The third-order valence-corrected chi connectivity index (χ3v) is 2.25. The molecule has 0 amide bonds. The molecule has 2 bridgehead atoms. The Balaban J connectivity index is 0.000000231. The summed E-state index contributed by atoms with van der Waals surface area (Å²) in [5.41, 5.74) is 0. The largest absolute Gasteiger partial charge is 0.375 e. The molecule has 0 radical (unpaired) electrons. The van der Waals surface area contributed by atoms with Crippen LogP contribution in [-0.2, 0) is 4.74 Å². The third kappa shape index (κ3) is 1.72. The Labute approximate surface area is 63.8 Å². The van der Waals surface area contributed by atoms with Crippen molar-refractivity contribution in [3.05, 3.63) is 0 Å². The van der Waals surface area contributed by atoms with Gasteiger partial charge in [0, 0.05) is 0 Å². The zero-order valence-corrected chi connectivity index (χ0v) is 7.10. The Hall–Kier alpha value is -0.0400. The van der Waals surface area contributed by atoms with Crippen LogP contribution in [0.2, 0.25) is 0 Å². The molecule has 2 atom stereocenters. The lowest BCUT2D eigenvalue weighted by molar-refractivity contribution is 0.00575. The molecule has 0 aromatic rings. The van der Waals surface area contributed by atoms with Gasteiger partial charge in [0.15, 0.2) is 0 Å². The van der Waals surface area contributed by atoms with Gasteiger partial charge in [0.05, 0.1) is 12.2 Å². The second-order valence-electron chi connectivity index (χ2n) is 2.89. The molecule has 1 heteroatoms. The van der Waals surface area contributed by atoms with Crippen LogP contribution in [0.1, 0.15) is 46.0 Å². The minimum absolute atomic E-state index is 0.661. The summed E-state index contributed by atoms with van der Waals surface area (Å²) >= 11 is 0. The molecular formula is C9H18O. The standard InChI is InChI=1S/C7H12O.C2H6/c1-2-6-4-5-7(3-1)8-6;1-2/h6-7H,1-5H2;1-2H3. The molecule has 0 saturated carbocycles. The first-order valence-electron chi connectivity index (χ1n) is 4.60. The van der Waals surface area contributed by atoms with E-state index < -0.39 is 0 Å². The highest BCUT2D eigenvalue weighted by atomic mass is 16.5. The van der Waals surface area contributed by atoms with Crippen LogP contribution in [0.25, 0.3) is 0 Å². The average Bonchev–Trinajstić information content (AvgIpc) is 2.35. The van der Waals surface area contributed by atoms with E-state index in [4.69, 9.17) is 4.74 Å². The Morgan fingerprint density at radius 1 is 0.900 bits per heavy atom. The van der Waals surface area contributed by atoms with Gasteiger partial charge >= 0.3 is 0 Å². The van der Waals surface area contributed by atoms with Crippen LogP contribution in [0.3, 0.4) is 0 Å². The summed E-state index contributed by atoms with van der Waals surface area (Å²) in [5.74, 6) is 0. The van der Waals surface area contributed by atoms with Crippen molar-refractivity contribution >= 4 is 0 Å². The predicted octanol–water partition coefficient (Wildman–Crippen LogP) is 2.74. The van der Waals surface area contributed by atoms with Crippen LogP contribution >= 0.6 is 0 Å². The zero-order valence-electron chi connectivity index (χ0n) is 7.10. The number of fused-ring (bicyclic) bond motifs is 2. The summed E-state index contributed by atoms with van der Waals surface area (Å²) < 4.78 is 5.60. The molecule has 60 valence electrons. The van der Waals surface area contributed by atoms with E-state index in [2.05, 4.69) is 0 Å². The lowest BCUT2D eigenvalue weighted by Crippen LogP contribution is -2.16. The van der Waals surface area contributed by atoms with Gasteiger partial charge in [0.2, 0.25) is 0 Å². The van der Waals surface area contributed by atoms with Gasteiger partial charge in [0.1, 0.15) is 0 Å². The van der Waals surface area contributed by atoms with Gasteiger partial charge in [-0.1, -0.05) is 13.8 Å². The predicted molar refractivity (Wildman–Crippen MR) is 43.1 cm³/mol. The Kier molecular flexibility index (Phi) is 3.20. The summed E-state index contributed by atoms with van der Waals surface area (Å²) in [4.78, 5) is 0. The average molecular weight is 142 g/mol. The molecule has 0 aromatic heterocycles. The molecule has 1 nitrogen and oxygen atoms in total. The second-order valence-corrected chi connectivity index (χ2v) is 2.89. The number of ether oxygens (including phenoxy) is 1. The lowest BCUT2D eigenvalue weighted by atomic mass is 10.1. The molecule has 0 N–H and O–H groups in total. The van der Waals surface area contributed by atoms with Crippen LogP contribution in [-0.4, -0.2) is 12.2 Å². The fraction of sp³-hybridized carbons (Fsp3) is 1.00. The topological polar surface area (TPSA) is 9.23 Å². The van der Waals surface area contributed by atoms with Crippen molar-refractivity contribution in [3.63, 3.8) is 0 Å². The first kappa shape index (κ1) is 8.06. The van der Waals surface area contributed by atoms with E-state index >= 15 is 0 Å². The number of hydrogen-bond acceptors (Lipinski definition) is 1. The molecule has 2 saturated heterocycles. The Morgan fingerprint density at radius 3 is 1.80 bits per heavy atom. The van der Waals surface area contributed by atoms with Crippen molar-refractivity contribution in [2.75, 3.05) is 0 Å². The first-order chi connectivity index (χ1) is 4.95. The Bertz CT molecular complexity index is 76.7. The van der Waals surface area contributed by atoms with Gasteiger partial charge in [0.25, 0.3) is 0 Å². The van der Waals surface area contributed by atoms with Crippen molar-refractivity contribution in [1.29, 1.82) is 0 Å². The molecule has 0 aromatic carbocycles. The van der Waals surface area contributed by atoms with Gasteiger partial charge in [-0.2, -0.15) is 0 Å². The maximum Gasteiger partial charge on any atom is 0.0579 e. The highest BCUT2D eigenvalue weighted by Gasteiger charge is 2.28. The highest BCUT2D eigenvalue weighted by Crippen LogP contribution is 2.31. The van der Waals surface area contributed by atoms with Crippen molar-refractivity contribution < 1.29 is 4.74 Å². The smallest absolute Gasteiger partial charge is 0.0579 e. The molecule has 2 heterocycles. The van der Waals surface area contributed by atoms with E-state index in [0.717, 1.165) is 0 Å². The van der Waals surface area contributed by atoms with Crippen molar-refractivity contribution in [2.45, 2.75) is 58.2 Å². The van der Waals surface area contributed by atoms with E-state index in [1.165, 1.54) is 32.1 Å². The summed E-state index contributed by atoms with van der Waals surface area (Å²) in [6.45, 7) is 4.00. The molecule has 2 aliphatic rings.